The number of benzene rings is 2. The number of hydrogen-bond acceptors (Lipinski definition) is 7. The number of aldehydes is 1. The minimum absolute atomic E-state index is 0.144. The molecule has 1 aromatic heterocycles. The first-order chi connectivity index (χ1) is 21.3. The van der Waals surface area contributed by atoms with Crippen molar-refractivity contribution in [2.24, 2.45) is 5.92 Å². The van der Waals surface area contributed by atoms with Crippen LogP contribution in [0.4, 0.5) is 0 Å². The van der Waals surface area contributed by atoms with Crippen molar-refractivity contribution in [3.8, 4) is 11.3 Å². The van der Waals surface area contributed by atoms with Gasteiger partial charge < -0.3 is 20.5 Å². The molecule has 4 rings (SSSR count). The van der Waals surface area contributed by atoms with Crippen LogP contribution < -0.4 is 16.1 Å². The summed E-state index contributed by atoms with van der Waals surface area (Å²) in [6.07, 6.45) is 5.20. The lowest BCUT2D eigenvalue weighted by atomic mass is 9.82. The molecule has 45 heavy (non-hydrogen) atoms. The number of carboxylic acid groups (broad SMARTS) is 1. The first kappa shape index (κ1) is 35.3. The van der Waals surface area contributed by atoms with E-state index in [-0.39, 0.29) is 23.8 Å². The molecular formula is C35H47N5O5. The predicted octanol–water partition coefficient (Wildman–Crippen LogP) is 4.26. The number of nitrogens with one attached hydrogen (secondary N) is 3. The van der Waals surface area contributed by atoms with Gasteiger partial charge in [-0.2, -0.15) is 0 Å². The summed E-state index contributed by atoms with van der Waals surface area (Å²) in [7, 11) is 1.86. The number of carboxylic acids is 1. The zero-order chi connectivity index (χ0) is 33.3. The highest BCUT2D eigenvalue weighted by Crippen LogP contribution is 2.29. The maximum atomic E-state index is 13.4. The van der Waals surface area contributed by atoms with Gasteiger partial charge in [0, 0.05) is 30.7 Å². The number of rotatable bonds is 10. The second kappa shape index (κ2) is 15.7. The minimum Gasteiger partial charge on any atom is -0.480 e. The molecule has 0 spiro atoms. The third-order valence-corrected chi connectivity index (χ3v) is 8.11. The van der Waals surface area contributed by atoms with Crippen LogP contribution in [0.1, 0.15) is 65.5 Å². The van der Waals surface area contributed by atoms with Crippen LogP contribution in [-0.4, -0.2) is 70.9 Å². The van der Waals surface area contributed by atoms with Crippen molar-refractivity contribution >= 4 is 34.8 Å². The number of carbonyl (C=O) groups excluding carboxylic acids is 3. The molecule has 2 unspecified atom stereocenters. The van der Waals surface area contributed by atoms with E-state index < -0.39 is 23.5 Å². The molecule has 1 saturated heterocycles. The molecule has 2 heterocycles. The summed E-state index contributed by atoms with van der Waals surface area (Å²) in [4.78, 5) is 52.0. The molecule has 0 radical (unpaired) electrons. The lowest BCUT2D eigenvalue weighted by Crippen LogP contribution is -2.55. The van der Waals surface area contributed by atoms with Gasteiger partial charge >= 0.3 is 5.97 Å². The Morgan fingerprint density at radius 2 is 1.82 bits per heavy atom. The third-order valence-electron chi connectivity index (χ3n) is 8.11. The smallest absolute Gasteiger partial charge is 0.322 e. The Morgan fingerprint density at radius 1 is 1.09 bits per heavy atom. The van der Waals surface area contributed by atoms with E-state index >= 15 is 0 Å². The summed E-state index contributed by atoms with van der Waals surface area (Å²) < 4.78 is 0. The number of hydrazine groups is 1. The van der Waals surface area contributed by atoms with E-state index in [0.29, 0.717) is 6.29 Å². The number of aryl methyl sites for hydroxylation is 1. The zero-order valence-corrected chi connectivity index (χ0v) is 27.4. The second-order valence-electron chi connectivity index (χ2n) is 12.5. The molecule has 0 aliphatic carbocycles. The number of aromatic nitrogens is 1. The maximum Gasteiger partial charge on any atom is 0.322 e. The molecule has 1 fully saturated rings. The number of hydrogen-bond donors (Lipinski definition) is 4. The van der Waals surface area contributed by atoms with Crippen LogP contribution in [0.5, 0.6) is 0 Å². The summed E-state index contributed by atoms with van der Waals surface area (Å²) in [5.41, 5.74) is 5.80. The quantitative estimate of drug-likeness (QED) is 0.248. The number of nitrogens with zero attached hydrogens (tertiary/aromatic N) is 2. The van der Waals surface area contributed by atoms with E-state index in [0.717, 1.165) is 53.4 Å². The summed E-state index contributed by atoms with van der Waals surface area (Å²) in [5.74, 6) is -1.54. The highest BCUT2D eigenvalue weighted by atomic mass is 16.4. The first-order valence-electron chi connectivity index (χ1n) is 15.5. The molecule has 10 heteroatoms. The molecule has 3 aromatic rings. The summed E-state index contributed by atoms with van der Waals surface area (Å²) in [6.45, 7) is 12.1. The van der Waals surface area contributed by atoms with E-state index in [1.165, 1.54) is 5.56 Å². The van der Waals surface area contributed by atoms with Crippen LogP contribution in [0.25, 0.3) is 22.0 Å². The lowest BCUT2D eigenvalue weighted by Gasteiger charge is -2.29. The van der Waals surface area contributed by atoms with Crippen LogP contribution in [0.3, 0.4) is 0 Å². The van der Waals surface area contributed by atoms with Gasteiger partial charge in [0.1, 0.15) is 18.4 Å². The van der Waals surface area contributed by atoms with Gasteiger partial charge in [0.25, 0.3) is 0 Å². The highest BCUT2D eigenvalue weighted by Gasteiger charge is 2.34. The number of fused-ring (bicyclic) bond motifs is 1. The van der Waals surface area contributed by atoms with Crippen LogP contribution in [0.2, 0.25) is 0 Å². The lowest BCUT2D eigenvalue weighted by molar-refractivity contribution is -0.142. The molecule has 10 nitrogen and oxygen atoms in total. The Kier molecular flexibility index (Phi) is 12.3. The average Bonchev–Trinajstić information content (AvgIpc) is 3.02. The number of amides is 2. The molecule has 2 aromatic carbocycles. The van der Waals surface area contributed by atoms with Gasteiger partial charge in [-0.05, 0) is 74.6 Å². The Hall–Kier alpha value is -4.15. The van der Waals surface area contributed by atoms with Gasteiger partial charge in [-0.3, -0.25) is 19.4 Å². The molecule has 4 N–H and O–H groups in total. The minimum atomic E-state index is -0.897. The fourth-order valence-electron chi connectivity index (χ4n) is 5.08. The largest absolute Gasteiger partial charge is 0.480 e. The Morgan fingerprint density at radius 3 is 2.42 bits per heavy atom. The van der Waals surface area contributed by atoms with Crippen LogP contribution >= 0.6 is 0 Å². The topological polar surface area (TPSA) is 141 Å². The molecule has 1 aliphatic heterocycles. The van der Waals surface area contributed by atoms with Crippen LogP contribution in [0.15, 0.2) is 54.7 Å². The van der Waals surface area contributed by atoms with E-state index in [9.17, 15) is 19.2 Å². The first-order valence-corrected chi connectivity index (χ1v) is 15.5. The molecule has 0 bridgehead atoms. The molecule has 2 amide bonds. The van der Waals surface area contributed by atoms with Crippen molar-refractivity contribution in [1.82, 2.24) is 26.1 Å². The third kappa shape index (κ3) is 9.42. The standard InChI is InChI=1S/C29H35N3O3.C6H12N2O2/c1-7-20-11-12-22-16-30-25(15-23(22)13-20)21-9-8-10-24(14-21)29(5,6)28(35)32-26(18(2)3)27(34)31-19(4)17-33;1-8-4-2-3-5(7-8)6(9)10/h8-19,26H,7H2,1-6H3,(H,31,34)(H,32,35);5,7H,2-4H2,1H3,(H,9,10)/t19-,26?;/m0./s1. The van der Waals surface area contributed by atoms with Crippen LogP contribution in [-0.2, 0) is 31.0 Å². The number of pyridine rings is 1. The van der Waals surface area contributed by atoms with E-state index in [4.69, 9.17) is 5.11 Å². The van der Waals surface area contributed by atoms with Gasteiger partial charge in [0.05, 0.1) is 17.2 Å². The van der Waals surface area contributed by atoms with Gasteiger partial charge in [0.2, 0.25) is 11.8 Å². The Bertz CT molecular complexity index is 1500. The monoisotopic (exact) mass is 617 g/mol. The normalized spacial score (nSPS) is 16.7. The van der Waals surface area contributed by atoms with E-state index in [1.807, 2.05) is 70.2 Å². The van der Waals surface area contributed by atoms with Gasteiger partial charge in [0.15, 0.2) is 0 Å². The molecular weight excluding hydrogens is 570 g/mol. The second-order valence-corrected chi connectivity index (χ2v) is 12.5. The number of aliphatic carboxylic acids is 1. The maximum absolute atomic E-state index is 13.4. The van der Waals surface area contributed by atoms with Crippen LogP contribution in [0, 0.1) is 5.92 Å². The summed E-state index contributed by atoms with van der Waals surface area (Å²) in [6, 6.07) is 14.5. The summed E-state index contributed by atoms with van der Waals surface area (Å²) >= 11 is 0. The molecule has 0 saturated carbocycles. The van der Waals surface area contributed by atoms with Crippen molar-refractivity contribution < 1.29 is 24.3 Å². The van der Waals surface area contributed by atoms with Crippen molar-refractivity contribution in [3.63, 3.8) is 0 Å². The molecule has 3 atom stereocenters. The Labute approximate surface area is 266 Å². The predicted molar refractivity (Wildman–Crippen MR) is 176 cm³/mol. The van der Waals surface area contributed by atoms with E-state index in [2.05, 4.69) is 52.2 Å². The van der Waals surface area contributed by atoms with Gasteiger partial charge in [-0.25, -0.2) is 10.4 Å². The zero-order valence-electron chi connectivity index (χ0n) is 27.4. The van der Waals surface area contributed by atoms with Gasteiger partial charge in [-0.15, -0.1) is 0 Å². The fourth-order valence-corrected chi connectivity index (χ4v) is 5.08. The van der Waals surface area contributed by atoms with Gasteiger partial charge in [-0.1, -0.05) is 57.2 Å². The Balaban J connectivity index is 0.000000468. The fraction of sp³-hybridized carbons (Fsp3) is 0.457. The average molecular weight is 618 g/mol. The molecule has 242 valence electrons. The van der Waals surface area contributed by atoms with Crippen molar-refractivity contribution in [2.45, 2.75) is 84.3 Å². The number of carbonyl (C=O) groups is 4. The summed E-state index contributed by atoms with van der Waals surface area (Å²) in [5, 5.41) is 18.1. The van der Waals surface area contributed by atoms with Crippen molar-refractivity contribution in [2.75, 3.05) is 13.6 Å². The molecule has 1 aliphatic rings. The SMILES string of the molecule is CCc1ccc2cnc(-c3cccc(C(C)(C)C(=O)NC(C(=O)N[C@@H](C)C=O)C(C)C)c3)cc2c1.CN1CCCC(C(=O)O)N1. The highest BCUT2D eigenvalue weighted by molar-refractivity contribution is 5.94. The van der Waals surface area contributed by atoms with E-state index in [1.54, 1.807) is 6.92 Å². The van der Waals surface area contributed by atoms with Crippen molar-refractivity contribution in [3.05, 3.63) is 65.9 Å². The van der Waals surface area contributed by atoms with Crippen molar-refractivity contribution in [1.29, 1.82) is 0 Å².